The van der Waals surface area contributed by atoms with Crippen LogP contribution in [0.5, 0.6) is 0 Å². The van der Waals surface area contributed by atoms with Crippen molar-refractivity contribution in [2.24, 2.45) is 0 Å². The van der Waals surface area contributed by atoms with E-state index in [2.05, 4.69) is 0 Å². The van der Waals surface area contributed by atoms with E-state index in [1.807, 2.05) is 0 Å². The van der Waals surface area contributed by atoms with Gasteiger partial charge in [-0.25, -0.2) is 4.39 Å². The van der Waals surface area contributed by atoms with Crippen LogP contribution in [0.2, 0.25) is 0 Å². The van der Waals surface area contributed by atoms with Crippen LogP contribution in [0.3, 0.4) is 0 Å². The standard InChI is InChI=1S/C9H11FO/c1-6-3-8(5-11)4-7(2)9(6)10/h3-4,11H,5H2,1-2H3. The Hall–Kier alpha value is -0.890. The maximum atomic E-state index is 13.0. The SMILES string of the molecule is Cc1cc(CO)cc(C)c1F. The van der Waals surface area contributed by atoms with Crippen molar-refractivity contribution in [3.05, 3.63) is 34.6 Å². The number of benzene rings is 1. The van der Waals surface area contributed by atoms with Crippen molar-refractivity contribution in [1.29, 1.82) is 0 Å². The van der Waals surface area contributed by atoms with Crippen LogP contribution >= 0.6 is 0 Å². The zero-order chi connectivity index (χ0) is 8.43. The second-order valence-electron chi connectivity index (χ2n) is 2.70. The molecule has 1 aromatic rings. The Morgan fingerprint density at radius 2 is 1.73 bits per heavy atom. The number of halogens is 1. The van der Waals surface area contributed by atoms with Crippen molar-refractivity contribution in [3.63, 3.8) is 0 Å². The predicted octanol–water partition coefficient (Wildman–Crippen LogP) is 1.93. The van der Waals surface area contributed by atoms with Crippen LogP contribution in [0.25, 0.3) is 0 Å². The van der Waals surface area contributed by atoms with Crippen LogP contribution in [0.4, 0.5) is 4.39 Å². The molecule has 0 aliphatic heterocycles. The largest absolute Gasteiger partial charge is 0.392 e. The van der Waals surface area contributed by atoms with Gasteiger partial charge in [-0.2, -0.15) is 0 Å². The highest BCUT2D eigenvalue weighted by Gasteiger charge is 2.02. The van der Waals surface area contributed by atoms with Crippen molar-refractivity contribution < 1.29 is 9.50 Å². The number of aliphatic hydroxyl groups excluding tert-OH is 1. The van der Waals surface area contributed by atoms with Gasteiger partial charge >= 0.3 is 0 Å². The lowest BCUT2D eigenvalue weighted by Gasteiger charge is -2.03. The maximum Gasteiger partial charge on any atom is 0.129 e. The molecule has 0 spiro atoms. The Bertz CT molecular complexity index is 245. The fourth-order valence-electron chi connectivity index (χ4n) is 1.13. The van der Waals surface area contributed by atoms with Gasteiger partial charge in [0, 0.05) is 0 Å². The smallest absolute Gasteiger partial charge is 0.129 e. The van der Waals surface area contributed by atoms with E-state index in [-0.39, 0.29) is 12.4 Å². The van der Waals surface area contributed by atoms with Gasteiger partial charge in [0.15, 0.2) is 0 Å². The van der Waals surface area contributed by atoms with Crippen molar-refractivity contribution >= 4 is 0 Å². The van der Waals surface area contributed by atoms with E-state index in [1.165, 1.54) is 0 Å². The van der Waals surface area contributed by atoms with E-state index in [0.29, 0.717) is 11.1 Å². The minimum absolute atomic E-state index is 0.0258. The fourth-order valence-corrected chi connectivity index (χ4v) is 1.13. The molecule has 1 nitrogen and oxygen atoms in total. The lowest BCUT2D eigenvalue weighted by Crippen LogP contribution is -1.92. The first-order chi connectivity index (χ1) is 5.15. The summed E-state index contributed by atoms with van der Waals surface area (Å²) in [6, 6.07) is 3.31. The number of aryl methyl sites for hydroxylation is 2. The lowest BCUT2D eigenvalue weighted by atomic mass is 10.1. The van der Waals surface area contributed by atoms with Crippen molar-refractivity contribution in [1.82, 2.24) is 0 Å². The number of hydrogen-bond acceptors (Lipinski definition) is 1. The van der Waals surface area contributed by atoms with Crippen LogP contribution in [0.15, 0.2) is 12.1 Å². The summed E-state index contributed by atoms with van der Waals surface area (Å²) in [6.45, 7) is 3.37. The molecule has 0 unspecified atom stereocenters. The zero-order valence-corrected chi connectivity index (χ0v) is 6.69. The minimum atomic E-state index is -0.179. The molecular weight excluding hydrogens is 143 g/mol. The van der Waals surface area contributed by atoms with Gasteiger partial charge in [0.05, 0.1) is 6.61 Å². The molecule has 0 amide bonds. The highest BCUT2D eigenvalue weighted by atomic mass is 19.1. The molecular formula is C9H11FO. The number of aliphatic hydroxyl groups is 1. The Labute approximate surface area is 65.5 Å². The molecule has 0 atom stereocenters. The summed E-state index contributed by atoms with van der Waals surface area (Å²) in [5.74, 6) is -0.179. The predicted molar refractivity (Wildman–Crippen MR) is 41.8 cm³/mol. The molecule has 0 fully saturated rings. The molecule has 0 aliphatic carbocycles. The van der Waals surface area contributed by atoms with Crippen LogP contribution in [-0.4, -0.2) is 5.11 Å². The third-order valence-corrected chi connectivity index (χ3v) is 1.68. The second kappa shape index (κ2) is 3.01. The summed E-state index contributed by atoms with van der Waals surface area (Å²) in [4.78, 5) is 0. The Kier molecular flexibility index (Phi) is 2.25. The van der Waals surface area contributed by atoms with Gasteiger partial charge in [0.25, 0.3) is 0 Å². The van der Waals surface area contributed by atoms with Crippen LogP contribution in [-0.2, 0) is 6.61 Å². The number of rotatable bonds is 1. The van der Waals surface area contributed by atoms with E-state index in [0.717, 1.165) is 5.56 Å². The van der Waals surface area contributed by atoms with E-state index >= 15 is 0 Å². The first-order valence-electron chi connectivity index (χ1n) is 3.51. The maximum absolute atomic E-state index is 13.0. The molecule has 0 saturated carbocycles. The fraction of sp³-hybridized carbons (Fsp3) is 0.333. The molecule has 1 rings (SSSR count). The highest BCUT2D eigenvalue weighted by Crippen LogP contribution is 2.14. The molecule has 1 N–H and O–H groups in total. The van der Waals surface area contributed by atoms with Gasteiger partial charge in [-0.15, -0.1) is 0 Å². The van der Waals surface area contributed by atoms with Gasteiger partial charge in [-0.05, 0) is 30.5 Å². The van der Waals surface area contributed by atoms with E-state index in [1.54, 1.807) is 26.0 Å². The lowest BCUT2D eigenvalue weighted by molar-refractivity contribution is 0.281. The molecule has 0 aromatic heterocycles. The monoisotopic (exact) mass is 154 g/mol. The molecule has 0 saturated heterocycles. The van der Waals surface area contributed by atoms with Crippen LogP contribution in [0.1, 0.15) is 16.7 Å². The van der Waals surface area contributed by atoms with Crippen molar-refractivity contribution in [3.8, 4) is 0 Å². The summed E-state index contributed by atoms with van der Waals surface area (Å²) in [5, 5.41) is 8.75. The summed E-state index contributed by atoms with van der Waals surface area (Å²) in [7, 11) is 0. The summed E-state index contributed by atoms with van der Waals surface area (Å²) in [5.41, 5.74) is 1.95. The molecule has 0 bridgehead atoms. The third kappa shape index (κ3) is 1.57. The van der Waals surface area contributed by atoms with Crippen molar-refractivity contribution in [2.45, 2.75) is 20.5 Å². The Morgan fingerprint density at radius 1 is 1.27 bits per heavy atom. The molecule has 60 valence electrons. The zero-order valence-electron chi connectivity index (χ0n) is 6.69. The number of hydrogen-bond donors (Lipinski definition) is 1. The second-order valence-corrected chi connectivity index (χ2v) is 2.70. The van der Waals surface area contributed by atoms with Gasteiger partial charge < -0.3 is 5.11 Å². The summed E-state index contributed by atoms with van der Waals surface area (Å²) < 4.78 is 13.0. The normalized spacial score (nSPS) is 10.2. The molecule has 1 aromatic carbocycles. The molecule has 0 aliphatic rings. The first kappa shape index (κ1) is 8.21. The van der Waals surface area contributed by atoms with Crippen LogP contribution in [0, 0.1) is 19.7 Å². The van der Waals surface area contributed by atoms with Gasteiger partial charge in [0.2, 0.25) is 0 Å². The topological polar surface area (TPSA) is 20.2 Å². The molecule has 0 heterocycles. The average Bonchev–Trinajstić information content (AvgIpc) is 1.99. The van der Waals surface area contributed by atoms with E-state index in [9.17, 15) is 4.39 Å². The van der Waals surface area contributed by atoms with Crippen LogP contribution < -0.4 is 0 Å². The first-order valence-corrected chi connectivity index (χ1v) is 3.51. The average molecular weight is 154 g/mol. The van der Waals surface area contributed by atoms with Crippen molar-refractivity contribution in [2.75, 3.05) is 0 Å². The minimum Gasteiger partial charge on any atom is -0.392 e. The van der Waals surface area contributed by atoms with Gasteiger partial charge in [-0.1, -0.05) is 12.1 Å². The highest BCUT2D eigenvalue weighted by molar-refractivity contribution is 5.29. The van der Waals surface area contributed by atoms with E-state index < -0.39 is 0 Å². The van der Waals surface area contributed by atoms with E-state index in [4.69, 9.17) is 5.11 Å². The molecule has 0 radical (unpaired) electrons. The molecule has 2 heteroatoms. The Balaban J connectivity index is 3.21. The molecule has 11 heavy (non-hydrogen) atoms. The summed E-state index contributed by atoms with van der Waals surface area (Å²) in [6.07, 6.45) is 0. The quantitative estimate of drug-likeness (QED) is 0.655. The Morgan fingerprint density at radius 3 is 2.09 bits per heavy atom. The van der Waals surface area contributed by atoms with Gasteiger partial charge in [0.1, 0.15) is 5.82 Å². The van der Waals surface area contributed by atoms with Gasteiger partial charge in [-0.3, -0.25) is 0 Å². The summed E-state index contributed by atoms with van der Waals surface area (Å²) >= 11 is 0. The third-order valence-electron chi connectivity index (χ3n) is 1.68.